The zero-order chi connectivity index (χ0) is 11.8. The Morgan fingerprint density at radius 2 is 2.24 bits per heavy atom. The van der Waals surface area contributed by atoms with Crippen LogP contribution in [0.4, 0.5) is 0 Å². The minimum atomic E-state index is -0.216. The Kier molecular flexibility index (Phi) is 1.82. The van der Waals surface area contributed by atoms with Crippen molar-refractivity contribution in [2.45, 2.75) is 0 Å². The Labute approximate surface area is 94.5 Å². The molecule has 82 valence electrons. The van der Waals surface area contributed by atoms with E-state index in [4.69, 9.17) is 5.26 Å². The van der Waals surface area contributed by atoms with Gasteiger partial charge in [-0.2, -0.15) is 15.5 Å². The highest BCUT2D eigenvalue weighted by Crippen LogP contribution is 2.11. The molecule has 0 unspecified atom stereocenters. The van der Waals surface area contributed by atoms with Gasteiger partial charge in [0.15, 0.2) is 5.65 Å². The predicted molar refractivity (Wildman–Crippen MR) is 57.6 cm³/mol. The highest BCUT2D eigenvalue weighted by Gasteiger charge is 2.08. The zero-order valence-electron chi connectivity index (χ0n) is 8.53. The van der Waals surface area contributed by atoms with Crippen LogP contribution in [0.1, 0.15) is 5.56 Å². The molecule has 0 aromatic carbocycles. The lowest BCUT2D eigenvalue weighted by molar-refractivity contribution is 0.883. The smallest absolute Gasteiger partial charge is 0.251 e. The summed E-state index contributed by atoms with van der Waals surface area (Å²) < 4.78 is 3.03. The number of rotatable bonds is 1. The van der Waals surface area contributed by atoms with E-state index >= 15 is 0 Å². The van der Waals surface area contributed by atoms with E-state index in [-0.39, 0.29) is 5.56 Å². The Morgan fingerprint density at radius 1 is 1.35 bits per heavy atom. The predicted octanol–water partition coefficient (Wildman–Crippen LogP) is 0.0800. The number of aromatic nitrogens is 5. The molecule has 0 spiro atoms. The summed E-state index contributed by atoms with van der Waals surface area (Å²) in [6.45, 7) is 0. The van der Waals surface area contributed by atoms with Crippen LogP contribution < -0.4 is 5.56 Å². The second-order valence-corrected chi connectivity index (χ2v) is 3.41. The maximum atomic E-state index is 11.2. The molecule has 0 fully saturated rings. The quantitative estimate of drug-likeness (QED) is 0.636. The monoisotopic (exact) mass is 226 g/mol. The van der Waals surface area contributed by atoms with Crippen LogP contribution in [0.25, 0.3) is 11.3 Å². The molecule has 3 aromatic heterocycles. The summed E-state index contributed by atoms with van der Waals surface area (Å²) in [4.78, 5) is 13.9. The van der Waals surface area contributed by atoms with Crippen molar-refractivity contribution < 1.29 is 0 Å². The van der Waals surface area contributed by atoms with Gasteiger partial charge >= 0.3 is 0 Å². The number of hydrogen-bond donors (Lipinski definition) is 1. The first kappa shape index (κ1) is 9.35. The summed E-state index contributed by atoms with van der Waals surface area (Å²) in [5.41, 5.74) is 1.38. The molecule has 3 rings (SSSR count). The number of nitriles is 1. The zero-order valence-corrected chi connectivity index (χ0v) is 8.53. The van der Waals surface area contributed by atoms with Crippen LogP contribution in [-0.4, -0.2) is 24.4 Å². The summed E-state index contributed by atoms with van der Waals surface area (Å²) in [5, 5.41) is 16.8. The molecule has 0 atom stereocenters. The largest absolute Gasteiger partial charge is 0.305 e. The van der Waals surface area contributed by atoms with Gasteiger partial charge in [-0.1, -0.05) is 0 Å². The molecule has 3 heterocycles. The molecule has 0 amide bonds. The third-order valence-electron chi connectivity index (χ3n) is 2.34. The molecule has 0 saturated heterocycles. The Bertz CT molecular complexity index is 787. The summed E-state index contributed by atoms with van der Waals surface area (Å²) in [7, 11) is 0. The van der Waals surface area contributed by atoms with Gasteiger partial charge in [0.1, 0.15) is 11.8 Å². The standard InChI is InChI=1S/C10H6N6O/c11-3-7-4-12-16(6-7)8-5-13-15-2-1-9(17)14-10(8)15/h1-2,4-6H,(H,14,17). The number of nitrogens with one attached hydrogen (secondary N) is 1. The van der Waals surface area contributed by atoms with Gasteiger partial charge in [0.05, 0.1) is 18.0 Å². The van der Waals surface area contributed by atoms with Crippen molar-refractivity contribution in [3.05, 3.63) is 46.8 Å². The summed E-state index contributed by atoms with van der Waals surface area (Å²) in [6.07, 6.45) is 6.15. The van der Waals surface area contributed by atoms with Crippen LogP contribution in [0, 0.1) is 11.3 Å². The van der Waals surface area contributed by atoms with E-state index in [9.17, 15) is 4.79 Å². The van der Waals surface area contributed by atoms with E-state index in [0.717, 1.165) is 0 Å². The first-order chi connectivity index (χ1) is 8.28. The van der Waals surface area contributed by atoms with E-state index in [1.807, 2.05) is 6.07 Å². The summed E-state index contributed by atoms with van der Waals surface area (Å²) in [5.74, 6) is 0. The molecule has 0 bridgehead atoms. The maximum absolute atomic E-state index is 11.2. The summed E-state index contributed by atoms with van der Waals surface area (Å²) >= 11 is 0. The van der Waals surface area contributed by atoms with E-state index in [2.05, 4.69) is 15.2 Å². The molecule has 7 heteroatoms. The van der Waals surface area contributed by atoms with Gasteiger partial charge < -0.3 is 4.98 Å². The van der Waals surface area contributed by atoms with E-state index < -0.39 is 0 Å². The average Bonchev–Trinajstić information content (AvgIpc) is 2.93. The molecule has 0 radical (unpaired) electrons. The van der Waals surface area contributed by atoms with Crippen LogP contribution in [0.2, 0.25) is 0 Å². The molecule has 17 heavy (non-hydrogen) atoms. The third kappa shape index (κ3) is 1.39. The highest BCUT2D eigenvalue weighted by atomic mass is 16.1. The van der Waals surface area contributed by atoms with Gasteiger partial charge in [-0.3, -0.25) is 4.79 Å². The van der Waals surface area contributed by atoms with E-state index in [0.29, 0.717) is 16.9 Å². The topological polar surface area (TPSA) is 91.8 Å². The number of hydrogen-bond acceptors (Lipinski definition) is 4. The van der Waals surface area contributed by atoms with Crippen LogP contribution >= 0.6 is 0 Å². The molecule has 7 nitrogen and oxygen atoms in total. The average molecular weight is 226 g/mol. The maximum Gasteiger partial charge on any atom is 0.251 e. The van der Waals surface area contributed by atoms with Gasteiger partial charge in [-0.25, -0.2) is 9.20 Å². The van der Waals surface area contributed by atoms with Crippen LogP contribution in [-0.2, 0) is 0 Å². The lowest BCUT2D eigenvalue weighted by atomic mass is 10.4. The minimum Gasteiger partial charge on any atom is -0.305 e. The second-order valence-electron chi connectivity index (χ2n) is 3.41. The third-order valence-corrected chi connectivity index (χ3v) is 2.34. The van der Waals surface area contributed by atoms with Crippen molar-refractivity contribution in [3.8, 4) is 11.8 Å². The molecular weight excluding hydrogens is 220 g/mol. The van der Waals surface area contributed by atoms with E-state index in [1.165, 1.54) is 21.5 Å². The van der Waals surface area contributed by atoms with Gasteiger partial charge in [0, 0.05) is 18.5 Å². The number of nitrogens with zero attached hydrogens (tertiary/aromatic N) is 5. The number of aromatic amines is 1. The van der Waals surface area contributed by atoms with Crippen molar-refractivity contribution in [1.29, 1.82) is 5.26 Å². The molecular formula is C10H6N6O. The molecule has 0 aliphatic rings. The Hall–Kier alpha value is -2.88. The fraction of sp³-hybridized carbons (Fsp3) is 0. The van der Waals surface area contributed by atoms with Crippen molar-refractivity contribution in [1.82, 2.24) is 24.4 Å². The Balaban J connectivity index is 2.27. The fourth-order valence-electron chi connectivity index (χ4n) is 1.56. The summed E-state index contributed by atoms with van der Waals surface area (Å²) in [6, 6.07) is 3.37. The number of H-pyrrole nitrogens is 1. The first-order valence-corrected chi connectivity index (χ1v) is 4.80. The SMILES string of the molecule is N#Cc1cnn(-c2cnn3ccc(=O)[nH]c23)c1. The molecule has 1 N–H and O–H groups in total. The number of fused-ring (bicyclic) bond motifs is 1. The molecule has 0 aliphatic heterocycles. The van der Waals surface area contributed by atoms with Crippen LogP contribution in [0.15, 0.2) is 35.6 Å². The van der Waals surface area contributed by atoms with Crippen LogP contribution in [0.5, 0.6) is 0 Å². The second kappa shape index (κ2) is 3.31. The minimum absolute atomic E-state index is 0.216. The lowest BCUT2D eigenvalue weighted by Gasteiger charge is -1.97. The van der Waals surface area contributed by atoms with Crippen molar-refractivity contribution in [3.63, 3.8) is 0 Å². The van der Waals surface area contributed by atoms with Gasteiger partial charge in [0.25, 0.3) is 5.56 Å². The first-order valence-electron chi connectivity index (χ1n) is 4.80. The van der Waals surface area contributed by atoms with Crippen molar-refractivity contribution in [2.24, 2.45) is 0 Å². The van der Waals surface area contributed by atoms with E-state index in [1.54, 1.807) is 18.6 Å². The normalized spacial score (nSPS) is 10.5. The van der Waals surface area contributed by atoms with Gasteiger partial charge in [-0.05, 0) is 0 Å². The Morgan fingerprint density at radius 3 is 3.00 bits per heavy atom. The molecule has 0 aliphatic carbocycles. The highest BCUT2D eigenvalue weighted by molar-refractivity contribution is 5.57. The molecule has 3 aromatic rings. The van der Waals surface area contributed by atoms with Gasteiger partial charge in [0.2, 0.25) is 0 Å². The lowest BCUT2D eigenvalue weighted by Crippen LogP contribution is -2.07. The van der Waals surface area contributed by atoms with Gasteiger partial charge in [-0.15, -0.1) is 0 Å². The fourth-order valence-corrected chi connectivity index (χ4v) is 1.56. The van der Waals surface area contributed by atoms with Crippen molar-refractivity contribution >= 4 is 5.65 Å². The van der Waals surface area contributed by atoms with Crippen LogP contribution in [0.3, 0.4) is 0 Å². The van der Waals surface area contributed by atoms with Crippen molar-refractivity contribution in [2.75, 3.05) is 0 Å². The molecule has 0 saturated carbocycles.